The average molecular weight is 301 g/mol. The van der Waals surface area contributed by atoms with Crippen LogP contribution in [-0.2, 0) is 25.9 Å². The molecule has 0 rings (SSSR count). The van der Waals surface area contributed by atoms with E-state index in [2.05, 4.69) is 0 Å². The van der Waals surface area contributed by atoms with Crippen molar-refractivity contribution in [2.24, 2.45) is 0 Å². The van der Waals surface area contributed by atoms with Crippen LogP contribution in [0.5, 0.6) is 0 Å². The van der Waals surface area contributed by atoms with Crippen molar-refractivity contribution in [3.63, 3.8) is 0 Å². The summed E-state index contributed by atoms with van der Waals surface area (Å²) in [4.78, 5) is 0. The molecule has 0 aromatic carbocycles. The highest BCUT2D eigenvalue weighted by molar-refractivity contribution is 6.77. The van der Waals surface area contributed by atoms with Crippen LogP contribution in [0.2, 0.25) is 12.1 Å². The fourth-order valence-corrected chi connectivity index (χ4v) is 9.97. The summed E-state index contributed by atoms with van der Waals surface area (Å²) >= 11 is 0. The smallest absolute Gasteiger partial charge is 0.396 e. The average Bonchev–Trinajstić information content (AvgIpc) is 2.40. The second-order valence-corrected chi connectivity index (χ2v) is 11.5. The van der Waals surface area contributed by atoms with E-state index in [1.165, 1.54) is 0 Å². The summed E-state index contributed by atoms with van der Waals surface area (Å²) in [5.41, 5.74) is 0. The maximum absolute atomic E-state index is 5.95. The molecule has 0 amide bonds. The molecule has 0 fully saturated rings. The first kappa shape index (κ1) is 17.4. The molecule has 0 aromatic heterocycles. The van der Waals surface area contributed by atoms with Gasteiger partial charge in [-0.3, -0.25) is 0 Å². The highest BCUT2D eigenvalue weighted by atomic mass is 28.5. The van der Waals surface area contributed by atoms with Crippen molar-refractivity contribution in [2.45, 2.75) is 25.9 Å². The molecule has 9 heteroatoms. The largest absolute Gasteiger partial charge is 0.474 e. The lowest BCUT2D eigenvalue weighted by molar-refractivity contribution is 0.152. The molecule has 0 unspecified atom stereocenters. The zero-order valence-corrected chi connectivity index (χ0v) is 14.8. The Balaban J connectivity index is 4.63. The highest BCUT2D eigenvalue weighted by Crippen LogP contribution is 2.21. The van der Waals surface area contributed by atoms with Crippen molar-refractivity contribution in [2.75, 3.05) is 28.4 Å². The van der Waals surface area contributed by atoms with Crippen LogP contribution in [0, 0.1) is 0 Å². The molecule has 104 valence electrons. The van der Waals surface area contributed by atoms with Crippen molar-refractivity contribution in [3.8, 4) is 0 Å². The summed E-state index contributed by atoms with van der Waals surface area (Å²) in [7, 11) is -0.142. The minimum absolute atomic E-state index is 0.815. The summed E-state index contributed by atoms with van der Waals surface area (Å²) in [5, 5.41) is 0. The standard InChI is InChI=1S/C8H24O6Si3/c1-7-17(8-2,13-15(9-3)10-4)14-16(11-5)12-6/h15-16H,7-8H2,1-6H3. The Morgan fingerprint density at radius 3 is 1.18 bits per heavy atom. The van der Waals surface area contributed by atoms with Gasteiger partial charge in [0, 0.05) is 28.4 Å². The van der Waals surface area contributed by atoms with Gasteiger partial charge < -0.3 is 25.9 Å². The maximum atomic E-state index is 5.95. The van der Waals surface area contributed by atoms with Gasteiger partial charge in [-0.05, 0) is 12.1 Å². The van der Waals surface area contributed by atoms with Crippen LogP contribution in [0.3, 0.4) is 0 Å². The molecule has 17 heavy (non-hydrogen) atoms. The van der Waals surface area contributed by atoms with E-state index in [0.29, 0.717) is 0 Å². The molecule has 0 saturated carbocycles. The van der Waals surface area contributed by atoms with Crippen molar-refractivity contribution in [1.82, 2.24) is 0 Å². The zero-order chi connectivity index (χ0) is 13.3. The van der Waals surface area contributed by atoms with Gasteiger partial charge in [-0.1, -0.05) is 13.8 Å². The molecule has 0 N–H and O–H groups in total. The van der Waals surface area contributed by atoms with Gasteiger partial charge in [-0.15, -0.1) is 0 Å². The van der Waals surface area contributed by atoms with Gasteiger partial charge >= 0.3 is 27.6 Å². The molecule has 0 bridgehead atoms. The zero-order valence-electron chi connectivity index (χ0n) is 11.5. The lowest BCUT2D eigenvalue weighted by Crippen LogP contribution is -2.51. The summed E-state index contributed by atoms with van der Waals surface area (Å²) in [6.45, 7) is 4.09. The van der Waals surface area contributed by atoms with Crippen LogP contribution >= 0.6 is 0 Å². The minimum atomic E-state index is -2.33. The van der Waals surface area contributed by atoms with Gasteiger partial charge in [0.2, 0.25) is 0 Å². The van der Waals surface area contributed by atoms with Crippen LogP contribution in [-0.4, -0.2) is 56.1 Å². The third-order valence-electron chi connectivity index (χ3n) is 2.47. The van der Waals surface area contributed by atoms with Crippen LogP contribution < -0.4 is 0 Å². The van der Waals surface area contributed by atoms with Gasteiger partial charge in [-0.25, -0.2) is 0 Å². The molecular formula is C8H24O6Si3. The number of hydrogen-bond acceptors (Lipinski definition) is 6. The van der Waals surface area contributed by atoms with Crippen molar-refractivity contribution < 1.29 is 25.9 Å². The predicted octanol–water partition coefficient (Wildman–Crippen LogP) is 0.522. The molecule has 0 aliphatic carbocycles. The lowest BCUT2D eigenvalue weighted by atomic mass is 10.9. The first-order valence-corrected chi connectivity index (χ1v) is 10.6. The van der Waals surface area contributed by atoms with Crippen molar-refractivity contribution in [3.05, 3.63) is 0 Å². The summed E-state index contributed by atoms with van der Waals surface area (Å²) in [6.07, 6.45) is 0. The molecule has 6 nitrogen and oxygen atoms in total. The molecule has 0 aliphatic rings. The van der Waals surface area contributed by atoms with Gasteiger partial charge in [0.25, 0.3) is 0 Å². The number of hydrogen-bond donors (Lipinski definition) is 0. The molecule has 0 radical (unpaired) electrons. The fraction of sp³-hybridized carbons (Fsp3) is 1.00. The number of rotatable bonds is 10. The van der Waals surface area contributed by atoms with E-state index < -0.39 is 27.6 Å². The quantitative estimate of drug-likeness (QED) is 0.548. The highest BCUT2D eigenvalue weighted by Gasteiger charge is 2.40. The second kappa shape index (κ2) is 9.36. The molecule has 0 spiro atoms. The summed E-state index contributed by atoms with van der Waals surface area (Å²) in [5.74, 6) is 0. The topological polar surface area (TPSA) is 55.4 Å². The van der Waals surface area contributed by atoms with Gasteiger partial charge in [0.15, 0.2) is 0 Å². The third-order valence-corrected chi connectivity index (χ3v) is 11.1. The Labute approximate surface area is 108 Å². The molecule has 0 aromatic rings. The Kier molecular flexibility index (Phi) is 9.58. The monoisotopic (exact) mass is 300 g/mol. The molecule has 0 atom stereocenters. The molecule has 0 saturated heterocycles. The first-order chi connectivity index (χ1) is 8.11. The van der Waals surface area contributed by atoms with E-state index >= 15 is 0 Å². The van der Waals surface area contributed by atoms with E-state index in [0.717, 1.165) is 12.1 Å². The van der Waals surface area contributed by atoms with Gasteiger partial charge in [-0.2, -0.15) is 0 Å². The Morgan fingerprint density at radius 2 is 1.00 bits per heavy atom. The van der Waals surface area contributed by atoms with E-state index in [-0.39, 0.29) is 0 Å². The van der Waals surface area contributed by atoms with Crippen LogP contribution in [0.4, 0.5) is 0 Å². The lowest BCUT2D eigenvalue weighted by Gasteiger charge is -2.33. The van der Waals surface area contributed by atoms with Crippen LogP contribution in [0.1, 0.15) is 13.8 Å². The fourth-order valence-electron chi connectivity index (χ4n) is 1.35. The van der Waals surface area contributed by atoms with Gasteiger partial charge in [0.1, 0.15) is 0 Å². The second-order valence-electron chi connectivity index (χ2n) is 3.37. The Hall–Kier alpha value is 0.411. The van der Waals surface area contributed by atoms with E-state index in [4.69, 9.17) is 25.9 Å². The molecule has 0 aliphatic heterocycles. The van der Waals surface area contributed by atoms with Crippen molar-refractivity contribution >= 4 is 27.6 Å². The Bertz CT molecular complexity index is 168. The molecule has 0 heterocycles. The van der Waals surface area contributed by atoms with Crippen LogP contribution in [0.15, 0.2) is 0 Å². The van der Waals surface area contributed by atoms with E-state index in [1.807, 2.05) is 13.8 Å². The van der Waals surface area contributed by atoms with Crippen molar-refractivity contribution in [1.29, 1.82) is 0 Å². The first-order valence-electron chi connectivity index (χ1n) is 5.58. The summed E-state index contributed by atoms with van der Waals surface area (Å²) in [6, 6.07) is 1.63. The van der Waals surface area contributed by atoms with E-state index in [1.54, 1.807) is 28.4 Å². The molecular weight excluding hydrogens is 276 g/mol. The summed E-state index contributed by atoms with van der Waals surface area (Å²) < 4.78 is 32.7. The van der Waals surface area contributed by atoms with Crippen LogP contribution in [0.25, 0.3) is 0 Å². The third kappa shape index (κ3) is 5.72. The normalized spacial score (nSPS) is 12.7. The maximum Gasteiger partial charge on any atom is 0.474 e. The van der Waals surface area contributed by atoms with Gasteiger partial charge in [0.05, 0.1) is 0 Å². The Morgan fingerprint density at radius 1 is 0.706 bits per heavy atom. The SMILES string of the molecule is CC[Si](CC)(O[SiH](OC)OC)O[SiH](OC)OC. The van der Waals surface area contributed by atoms with E-state index in [9.17, 15) is 0 Å². The minimum Gasteiger partial charge on any atom is -0.396 e. The predicted molar refractivity (Wildman–Crippen MR) is 71.2 cm³/mol.